The second-order valence-corrected chi connectivity index (χ2v) is 18.1. The molecular weight excluding hydrogens is 964 g/mol. The van der Waals surface area contributed by atoms with Crippen molar-refractivity contribution in [3.8, 4) is 11.5 Å². The summed E-state index contributed by atoms with van der Waals surface area (Å²) in [6.45, 7) is 1.33. The number of ether oxygens (including phenoxy) is 2. The molecule has 0 amide bonds. The molecule has 2 spiro atoms. The quantitative estimate of drug-likeness (QED) is 0.121. The first-order chi connectivity index (χ1) is 26.7. The highest BCUT2D eigenvalue weighted by atomic mass is 127. The van der Waals surface area contributed by atoms with Crippen LogP contribution >= 0.6 is 45.2 Å². The van der Waals surface area contributed by atoms with E-state index in [-0.39, 0.29) is 65.1 Å². The molecule has 0 aromatic heterocycles. The van der Waals surface area contributed by atoms with E-state index in [1.54, 1.807) is 24.3 Å². The fraction of sp³-hybridized carbons (Fsp3) is 0.429. The molecule has 2 saturated carbocycles. The van der Waals surface area contributed by atoms with Gasteiger partial charge in [0.05, 0.1) is 30.2 Å². The van der Waals surface area contributed by atoms with Gasteiger partial charge < -0.3 is 30.3 Å². The van der Waals surface area contributed by atoms with E-state index in [9.17, 15) is 36.6 Å². The second kappa shape index (κ2) is 17.1. The fourth-order valence-electron chi connectivity index (χ4n) is 7.49. The number of halogens is 8. The molecule has 4 aliphatic rings. The molecule has 2 fully saturated rings. The number of hydrogen-bond donors (Lipinski definition) is 4. The highest BCUT2D eigenvalue weighted by molar-refractivity contribution is 14.1. The van der Waals surface area contributed by atoms with Crippen molar-refractivity contribution in [2.75, 3.05) is 36.9 Å². The van der Waals surface area contributed by atoms with E-state index in [1.807, 2.05) is 45.2 Å². The molecule has 0 saturated heterocycles. The lowest BCUT2D eigenvalue weighted by molar-refractivity contribution is 0.0918. The summed E-state index contributed by atoms with van der Waals surface area (Å²) in [6, 6.07) is 11.4. The second-order valence-electron chi connectivity index (χ2n) is 15.6. The summed E-state index contributed by atoms with van der Waals surface area (Å²) >= 11 is 4.00. The highest BCUT2D eigenvalue weighted by Gasteiger charge is 2.45. The summed E-state index contributed by atoms with van der Waals surface area (Å²) in [6.07, 6.45) is 5.28. The van der Waals surface area contributed by atoms with Gasteiger partial charge >= 0.3 is 0 Å². The lowest BCUT2D eigenvalue weighted by atomic mass is 9.95. The van der Waals surface area contributed by atoms with Crippen LogP contribution in [0.15, 0.2) is 48.5 Å². The van der Waals surface area contributed by atoms with Crippen LogP contribution in [0.3, 0.4) is 0 Å². The average Bonchev–Trinajstić information content (AvgIpc) is 4.09. The van der Waals surface area contributed by atoms with Crippen molar-refractivity contribution in [2.45, 2.75) is 76.4 Å². The van der Waals surface area contributed by atoms with Crippen molar-refractivity contribution in [1.29, 1.82) is 0 Å². The molecule has 14 heteroatoms. The molecule has 4 aromatic carbocycles. The summed E-state index contributed by atoms with van der Waals surface area (Å²) < 4.78 is 99.4. The first-order valence-corrected chi connectivity index (χ1v) is 20.9. The Morgan fingerprint density at radius 2 is 1.11 bits per heavy atom. The van der Waals surface area contributed by atoms with Crippen molar-refractivity contribution in [3.63, 3.8) is 0 Å². The number of benzene rings is 4. The molecule has 4 aromatic rings. The van der Waals surface area contributed by atoms with E-state index < -0.39 is 47.1 Å². The van der Waals surface area contributed by atoms with Gasteiger partial charge in [0, 0.05) is 62.8 Å². The number of anilines is 2. The molecule has 300 valence electrons. The Kier molecular flexibility index (Phi) is 12.6. The van der Waals surface area contributed by atoms with E-state index in [1.165, 1.54) is 12.1 Å². The molecule has 8 rings (SSSR count). The third-order valence-electron chi connectivity index (χ3n) is 11.3. The summed E-state index contributed by atoms with van der Waals surface area (Å²) in [4.78, 5) is 0. The molecule has 2 heterocycles. The van der Waals surface area contributed by atoms with Crippen LogP contribution in [0.1, 0.15) is 73.6 Å². The zero-order chi connectivity index (χ0) is 39.8. The van der Waals surface area contributed by atoms with Crippen LogP contribution in [0.25, 0.3) is 0 Å². The first kappa shape index (κ1) is 41.2. The SMILES string of the molecule is OC1CCC2(CC2)CNc2c(cc(F)c(F)c2Cc2ccc(I)cc2F)OC1.OC1CCOc2cc(F)c(F)c(Cc3ccc(I)cc3F)c2NCC2(CC2)C1. The molecule has 56 heavy (non-hydrogen) atoms. The first-order valence-electron chi connectivity index (χ1n) is 18.7. The van der Waals surface area contributed by atoms with Crippen LogP contribution < -0.4 is 20.1 Å². The van der Waals surface area contributed by atoms with Crippen LogP contribution in [0.5, 0.6) is 11.5 Å². The topological polar surface area (TPSA) is 83.0 Å². The Morgan fingerprint density at radius 3 is 1.61 bits per heavy atom. The molecule has 2 unspecified atom stereocenters. The number of nitrogens with one attached hydrogen (secondary N) is 2. The number of fused-ring (bicyclic) bond motifs is 2. The summed E-state index contributed by atoms with van der Waals surface area (Å²) in [7, 11) is 0. The van der Waals surface area contributed by atoms with Gasteiger partial charge in [-0.1, -0.05) is 12.1 Å². The maximum absolute atomic E-state index is 14.7. The van der Waals surface area contributed by atoms with Crippen LogP contribution in [0.4, 0.5) is 37.7 Å². The van der Waals surface area contributed by atoms with Gasteiger partial charge in [0.15, 0.2) is 23.3 Å². The Balaban J connectivity index is 0.000000172. The zero-order valence-corrected chi connectivity index (χ0v) is 34.7. The predicted molar refractivity (Wildman–Crippen MR) is 218 cm³/mol. The molecular formula is C42H42F6I2N2O4. The molecule has 2 aliphatic carbocycles. The number of aliphatic hydroxyl groups is 2. The Hall–Kier alpha value is -2.96. The van der Waals surface area contributed by atoms with Gasteiger partial charge in [-0.15, -0.1) is 0 Å². The molecule has 4 N–H and O–H groups in total. The van der Waals surface area contributed by atoms with E-state index in [4.69, 9.17) is 9.47 Å². The molecule has 2 aliphatic heterocycles. The van der Waals surface area contributed by atoms with Crippen molar-refractivity contribution in [3.05, 3.63) is 113 Å². The minimum absolute atomic E-state index is 0.00711. The average molecular weight is 1010 g/mol. The smallest absolute Gasteiger partial charge is 0.164 e. The van der Waals surface area contributed by atoms with Gasteiger partial charge in [-0.25, -0.2) is 26.3 Å². The standard InChI is InChI=1S/2C21H21F3INO2/c22-16-8-13(25)2-1-12(16)7-15-19(24)17(23)9-18-20(15)26-11-21(4-5-21)10-14(27)3-6-28-18;22-16-8-13(25)2-1-12(16)7-15-19(24)17(23)9-18-20(15)26-11-21(5-6-21)4-3-14(27)10-28-18/h2*1-2,8-9,14,26-27H,3-7,10-11H2. The summed E-state index contributed by atoms with van der Waals surface area (Å²) in [5.74, 6) is -4.63. The van der Waals surface area contributed by atoms with Gasteiger partial charge in [0.1, 0.15) is 29.7 Å². The number of rotatable bonds is 4. The fourth-order valence-corrected chi connectivity index (χ4v) is 8.39. The number of hydrogen-bond acceptors (Lipinski definition) is 6. The highest BCUT2D eigenvalue weighted by Crippen LogP contribution is 2.52. The van der Waals surface area contributed by atoms with Crippen LogP contribution in [-0.4, -0.2) is 48.7 Å². The van der Waals surface area contributed by atoms with Crippen LogP contribution in [-0.2, 0) is 12.8 Å². The lowest BCUT2D eigenvalue weighted by Crippen LogP contribution is -2.26. The third kappa shape index (κ3) is 9.66. The van der Waals surface area contributed by atoms with Gasteiger partial charge in [-0.05, 0) is 136 Å². The monoisotopic (exact) mass is 1010 g/mol. The summed E-state index contributed by atoms with van der Waals surface area (Å²) in [5, 5.41) is 26.8. The van der Waals surface area contributed by atoms with E-state index in [0.29, 0.717) is 49.3 Å². The Labute approximate surface area is 349 Å². The molecule has 0 radical (unpaired) electrons. The van der Waals surface area contributed by atoms with Gasteiger partial charge in [-0.3, -0.25) is 0 Å². The largest absolute Gasteiger partial charge is 0.491 e. The molecule has 2 atom stereocenters. The zero-order valence-electron chi connectivity index (χ0n) is 30.4. The van der Waals surface area contributed by atoms with Gasteiger partial charge in [-0.2, -0.15) is 0 Å². The Morgan fingerprint density at radius 1 is 0.607 bits per heavy atom. The van der Waals surface area contributed by atoms with E-state index >= 15 is 0 Å². The minimum Gasteiger partial charge on any atom is -0.491 e. The van der Waals surface area contributed by atoms with E-state index in [2.05, 4.69) is 10.6 Å². The van der Waals surface area contributed by atoms with Gasteiger partial charge in [0.2, 0.25) is 0 Å². The maximum Gasteiger partial charge on any atom is 0.164 e. The van der Waals surface area contributed by atoms with E-state index in [0.717, 1.165) is 51.4 Å². The van der Waals surface area contributed by atoms with Gasteiger partial charge in [0.25, 0.3) is 0 Å². The van der Waals surface area contributed by atoms with Crippen LogP contribution in [0, 0.1) is 52.9 Å². The molecule has 0 bridgehead atoms. The van der Waals surface area contributed by atoms with Crippen molar-refractivity contribution in [1.82, 2.24) is 0 Å². The van der Waals surface area contributed by atoms with Crippen LogP contribution in [0.2, 0.25) is 0 Å². The maximum atomic E-state index is 14.7. The number of aliphatic hydroxyl groups excluding tert-OH is 2. The van der Waals surface area contributed by atoms with Crippen molar-refractivity contribution >= 4 is 56.6 Å². The Bertz CT molecular complexity index is 2100. The third-order valence-corrected chi connectivity index (χ3v) is 12.7. The van der Waals surface area contributed by atoms with Crippen molar-refractivity contribution < 1.29 is 46.0 Å². The summed E-state index contributed by atoms with van der Waals surface area (Å²) in [5.41, 5.74) is 1.45. The molecule has 6 nitrogen and oxygen atoms in total. The van der Waals surface area contributed by atoms with Crippen molar-refractivity contribution in [2.24, 2.45) is 10.8 Å². The normalized spacial score (nSPS) is 20.8. The minimum atomic E-state index is -1.05. The predicted octanol–water partition coefficient (Wildman–Crippen LogP) is 10.0. The lowest BCUT2D eigenvalue weighted by Gasteiger charge is -2.26.